The minimum atomic E-state index is -0.193. The molecule has 1 aliphatic rings. The van der Waals surface area contributed by atoms with Crippen molar-refractivity contribution >= 4 is 29.9 Å². The zero-order valence-corrected chi connectivity index (χ0v) is 14.1. The summed E-state index contributed by atoms with van der Waals surface area (Å²) in [5, 5.41) is 0. The number of hydrogen-bond donors (Lipinski definition) is 1. The van der Waals surface area contributed by atoms with Gasteiger partial charge in [-0.05, 0) is 37.0 Å². The predicted molar refractivity (Wildman–Crippen MR) is 92.0 cm³/mol. The van der Waals surface area contributed by atoms with Crippen LogP contribution in [0.4, 0.5) is 4.39 Å². The molecule has 3 nitrogen and oxygen atoms in total. The van der Waals surface area contributed by atoms with Gasteiger partial charge in [-0.25, -0.2) is 4.39 Å². The maximum Gasteiger partial charge on any atom is 0.191 e. The monoisotopic (exact) mass is 391 g/mol. The summed E-state index contributed by atoms with van der Waals surface area (Å²) in [4.78, 5) is 6.58. The summed E-state index contributed by atoms with van der Waals surface area (Å²) in [7, 11) is 0. The summed E-state index contributed by atoms with van der Waals surface area (Å²) in [5.41, 5.74) is 6.98. The van der Waals surface area contributed by atoms with Gasteiger partial charge >= 0.3 is 0 Å². The van der Waals surface area contributed by atoms with Gasteiger partial charge in [0.1, 0.15) is 5.82 Å². The van der Waals surface area contributed by atoms with E-state index in [0.29, 0.717) is 12.5 Å². The van der Waals surface area contributed by atoms with Gasteiger partial charge in [0.2, 0.25) is 0 Å². The van der Waals surface area contributed by atoms with Crippen molar-refractivity contribution in [3.8, 4) is 0 Å². The lowest BCUT2D eigenvalue weighted by Crippen LogP contribution is -2.38. The van der Waals surface area contributed by atoms with Crippen LogP contribution in [-0.4, -0.2) is 30.5 Å². The van der Waals surface area contributed by atoms with Crippen molar-refractivity contribution in [3.05, 3.63) is 35.6 Å². The Morgan fingerprint density at radius 3 is 2.55 bits per heavy atom. The molecule has 1 aromatic rings. The van der Waals surface area contributed by atoms with Crippen molar-refractivity contribution in [1.29, 1.82) is 0 Å². The van der Waals surface area contributed by atoms with E-state index in [4.69, 9.17) is 5.73 Å². The first kappa shape index (κ1) is 17.2. The zero-order valence-electron chi connectivity index (χ0n) is 11.7. The molecule has 0 saturated carbocycles. The van der Waals surface area contributed by atoms with Crippen LogP contribution in [0.2, 0.25) is 0 Å². The molecule has 0 unspecified atom stereocenters. The third kappa shape index (κ3) is 5.64. The lowest BCUT2D eigenvalue weighted by atomic mass is 10.1. The summed E-state index contributed by atoms with van der Waals surface area (Å²) >= 11 is 0. The predicted octanol–water partition coefficient (Wildman–Crippen LogP) is 3.18. The van der Waals surface area contributed by atoms with Crippen LogP contribution >= 0.6 is 24.0 Å². The number of guanidine groups is 1. The maximum atomic E-state index is 13.0. The van der Waals surface area contributed by atoms with Gasteiger partial charge < -0.3 is 10.6 Å². The number of nitrogens with two attached hydrogens (primary N) is 1. The Labute approximate surface area is 137 Å². The summed E-state index contributed by atoms with van der Waals surface area (Å²) in [5.74, 6) is 0.445. The zero-order chi connectivity index (χ0) is 13.5. The third-order valence-corrected chi connectivity index (χ3v) is 3.49. The second kappa shape index (κ2) is 9.15. The molecule has 0 atom stereocenters. The topological polar surface area (TPSA) is 41.6 Å². The Hall–Kier alpha value is -0.850. The largest absolute Gasteiger partial charge is 0.370 e. The normalized spacial score (nSPS) is 16.4. The van der Waals surface area contributed by atoms with Crippen LogP contribution in [0.15, 0.2) is 29.3 Å². The Bertz CT molecular complexity index is 429. The Balaban J connectivity index is 0.00000200. The quantitative estimate of drug-likeness (QED) is 0.489. The highest BCUT2D eigenvalue weighted by atomic mass is 127. The van der Waals surface area contributed by atoms with Gasteiger partial charge in [0.05, 0.1) is 0 Å². The average Bonchev–Trinajstić information content (AvgIpc) is 2.67. The molecule has 20 heavy (non-hydrogen) atoms. The molecule has 112 valence electrons. The van der Waals surface area contributed by atoms with Crippen LogP contribution < -0.4 is 5.73 Å². The number of halogens is 2. The first-order chi connectivity index (χ1) is 9.25. The standard InChI is InChI=1S/C15H22FN3.HI/c16-14-7-5-6-13(12-14)8-9-18-15(17)19-10-3-1-2-4-11-19;/h5-7,12H,1-4,8-11H2,(H2,17,18);1H. The molecule has 0 bridgehead atoms. The van der Waals surface area contributed by atoms with Crippen LogP contribution in [0.25, 0.3) is 0 Å². The molecule has 2 rings (SSSR count). The molecule has 0 amide bonds. The van der Waals surface area contributed by atoms with Gasteiger partial charge in [-0.1, -0.05) is 25.0 Å². The lowest BCUT2D eigenvalue weighted by Gasteiger charge is -2.21. The highest BCUT2D eigenvalue weighted by molar-refractivity contribution is 14.0. The van der Waals surface area contributed by atoms with Gasteiger partial charge in [-0.15, -0.1) is 24.0 Å². The van der Waals surface area contributed by atoms with Gasteiger partial charge in [0.25, 0.3) is 0 Å². The molecule has 0 aliphatic carbocycles. The Morgan fingerprint density at radius 1 is 1.20 bits per heavy atom. The average molecular weight is 391 g/mol. The summed E-state index contributed by atoms with van der Waals surface area (Å²) < 4.78 is 13.0. The fraction of sp³-hybridized carbons (Fsp3) is 0.533. The highest BCUT2D eigenvalue weighted by Crippen LogP contribution is 2.09. The van der Waals surface area contributed by atoms with Crippen LogP contribution in [0.1, 0.15) is 31.2 Å². The van der Waals surface area contributed by atoms with E-state index < -0.39 is 0 Å². The molecule has 1 fully saturated rings. The van der Waals surface area contributed by atoms with E-state index in [1.54, 1.807) is 12.1 Å². The molecule has 2 N–H and O–H groups in total. The van der Waals surface area contributed by atoms with Crippen molar-refractivity contribution in [2.75, 3.05) is 19.6 Å². The number of rotatable bonds is 3. The van der Waals surface area contributed by atoms with E-state index >= 15 is 0 Å². The van der Waals surface area contributed by atoms with Crippen molar-refractivity contribution in [2.24, 2.45) is 10.7 Å². The molecule has 0 radical (unpaired) electrons. The SMILES string of the molecule is I.NC(=NCCc1cccc(F)c1)N1CCCCCC1. The molecular weight excluding hydrogens is 368 g/mol. The van der Waals surface area contributed by atoms with Crippen LogP contribution in [0.3, 0.4) is 0 Å². The summed E-state index contributed by atoms with van der Waals surface area (Å²) in [6.45, 7) is 2.64. The minimum Gasteiger partial charge on any atom is -0.370 e. The van der Waals surface area contributed by atoms with Gasteiger partial charge in [0.15, 0.2) is 5.96 Å². The second-order valence-electron chi connectivity index (χ2n) is 5.02. The number of likely N-dealkylation sites (tertiary alicyclic amines) is 1. The van der Waals surface area contributed by atoms with Crippen LogP contribution in [0.5, 0.6) is 0 Å². The minimum absolute atomic E-state index is 0. The first-order valence-corrected chi connectivity index (χ1v) is 7.05. The number of aliphatic imine (C=N–C) groups is 1. The van der Waals surface area contributed by atoms with Crippen molar-refractivity contribution in [3.63, 3.8) is 0 Å². The molecular formula is C15H23FIN3. The molecule has 1 saturated heterocycles. The van der Waals surface area contributed by atoms with Crippen molar-refractivity contribution < 1.29 is 4.39 Å². The summed E-state index contributed by atoms with van der Waals surface area (Å²) in [6, 6.07) is 6.66. The van der Waals surface area contributed by atoms with Crippen LogP contribution in [0, 0.1) is 5.82 Å². The lowest BCUT2D eigenvalue weighted by molar-refractivity contribution is 0.428. The van der Waals surface area contributed by atoms with Gasteiger partial charge in [0, 0.05) is 19.6 Å². The van der Waals surface area contributed by atoms with Gasteiger partial charge in [-0.3, -0.25) is 4.99 Å². The fourth-order valence-corrected chi connectivity index (χ4v) is 2.39. The number of nitrogens with zero attached hydrogens (tertiary/aromatic N) is 2. The number of benzene rings is 1. The molecule has 0 spiro atoms. The highest BCUT2D eigenvalue weighted by Gasteiger charge is 2.10. The molecule has 1 heterocycles. The Morgan fingerprint density at radius 2 is 1.90 bits per heavy atom. The maximum absolute atomic E-state index is 13.0. The first-order valence-electron chi connectivity index (χ1n) is 7.05. The second-order valence-corrected chi connectivity index (χ2v) is 5.02. The van der Waals surface area contributed by atoms with E-state index in [2.05, 4.69) is 9.89 Å². The van der Waals surface area contributed by atoms with Crippen molar-refractivity contribution in [1.82, 2.24) is 4.90 Å². The molecule has 5 heteroatoms. The Kier molecular flexibility index (Phi) is 7.87. The smallest absolute Gasteiger partial charge is 0.191 e. The van der Waals surface area contributed by atoms with E-state index in [0.717, 1.165) is 25.1 Å². The summed E-state index contributed by atoms with van der Waals surface area (Å²) in [6.07, 6.45) is 5.69. The third-order valence-electron chi connectivity index (χ3n) is 3.49. The molecule has 0 aromatic heterocycles. The number of hydrogen-bond acceptors (Lipinski definition) is 1. The van der Waals surface area contributed by atoms with E-state index in [9.17, 15) is 4.39 Å². The van der Waals surface area contributed by atoms with E-state index in [1.165, 1.54) is 31.7 Å². The van der Waals surface area contributed by atoms with Crippen LogP contribution in [-0.2, 0) is 6.42 Å². The van der Waals surface area contributed by atoms with E-state index in [-0.39, 0.29) is 29.8 Å². The van der Waals surface area contributed by atoms with Crippen molar-refractivity contribution in [2.45, 2.75) is 32.1 Å². The fourth-order valence-electron chi connectivity index (χ4n) is 2.39. The molecule has 1 aliphatic heterocycles. The molecule has 1 aromatic carbocycles. The van der Waals surface area contributed by atoms with E-state index in [1.807, 2.05) is 6.07 Å². The van der Waals surface area contributed by atoms with Gasteiger partial charge in [-0.2, -0.15) is 0 Å².